The van der Waals surface area contributed by atoms with Gasteiger partial charge < -0.3 is 10.3 Å². The summed E-state index contributed by atoms with van der Waals surface area (Å²) in [6.45, 7) is 2.06. The summed E-state index contributed by atoms with van der Waals surface area (Å²) in [5.74, 6) is 0. The molecule has 1 aromatic carbocycles. The van der Waals surface area contributed by atoms with Crippen molar-refractivity contribution >= 4 is 10.9 Å². The van der Waals surface area contributed by atoms with Gasteiger partial charge in [0, 0.05) is 18.3 Å². The van der Waals surface area contributed by atoms with Gasteiger partial charge in [-0.3, -0.25) is 0 Å². The molecule has 3 rings (SSSR count). The van der Waals surface area contributed by atoms with Crippen molar-refractivity contribution in [2.45, 2.75) is 38.6 Å². The number of aromatic nitrogens is 1. The van der Waals surface area contributed by atoms with E-state index in [-0.39, 0.29) is 0 Å². The number of fused-ring (bicyclic) bond motifs is 1. The minimum atomic E-state index is 0.967. The third-order valence-corrected chi connectivity index (χ3v) is 3.95. The van der Waals surface area contributed by atoms with Crippen molar-refractivity contribution in [2.24, 2.45) is 0 Å². The van der Waals surface area contributed by atoms with Crippen molar-refractivity contribution in [3.63, 3.8) is 0 Å². The molecule has 0 saturated heterocycles. The molecule has 0 bridgehead atoms. The van der Waals surface area contributed by atoms with Crippen molar-refractivity contribution in [3.05, 3.63) is 47.7 Å². The Bertz CT molecular complexity index is 565. The summed E-state index contributed by atoms with van der Waals surface area (Å²) in [4.78, 5) is 3.23. The van der Waals surface area contributed by atoms with Crippen LogP contribution in [-0.4, -0.2) is 11.5 Å². The summed E-state index contributed by atoms with van der Waals surface area (Å²) in [5, 5.41) is 4.86. The zero-order valence-electron chi connectivity index (χ0n) is 11.4. The Labute approximate surface area is 114 Å². The lowest BCUT2D eigenvalue weighted by atomic mass is 9.97. The molecule has 1 aromatic heterocycles. The molecule has 1 aliphatic carbocycles. The van der Waals surface area contributed by atoms with E-state index in [1.807, 2.05) is 6.20 Å². The Kier molecular flexibility index (Phi) is 3.99. The third-order valence-electron chi connectivity index (χ3n) is 3.95. The summed E-state index contributed by atoms with van der Waals surface area (Å²) >= 11 is 0. The highest BCUT2D eigenvalue weighted by molar-refractivity contribution is 5.79. The molecule has 0 spiro atoms. The van der Waals surface area contributed by atoms with Crippen LogP contribution in [0.2, 0.25) is 0 Å². The van der Waals surface area contributed by atoms with Crippen LogP contribution in [0.25, 0.3) is 10.9 Å². The van der Waals surface area contributed by atoms with Crippen LogP contribution >= 0.6 is 0 Å². The van der Waals surface area contributed by atoms with Crippen molar-refractivity contribution in [3.8, 4) is 0 Å². The minimum Gasteiger partial charge on any atom is -0.361 e. The molecule has 1 aliphatic rings. The predicted octanol–water partition coefficient (Wildman–Crippen LogP) is 4.15. The predicted molar refractivity (Wildman–Crippen MR) is 81.2 cm³/mol. The third kappa shape index (κ3) is 3.27. The maximum atomic E-state index is 3.55. The number of aromatic amines is 1. The van der Waals surface area contributed by atoms with Crippen LogP contribution in [0.5, 0.6) is 0 Å². The van der Waals surface area contributed by atoms with E-state index < -0.39 is 0 Å². The Morgan fingerprint density at radius 2 is 2.16 bits per heavy atom. The Balaban J connectivity index is 1.47. The zero-order chi connectivity index (χ0) is 12.9. The molecule has 19 heavy (non-hydrogen) atoms. The van der Waals surface area contributed by atoms with Gasteiger partial charge in [0.2, 0.25) is 0 Å². The molecule has 100 valence electrons. The molecular formula is C17H22N2. The highest BCUT2D eigenvalue weighted by atomic mass is 14.8. The average Bonchev–Trinajstić information content (AvgIpc) is 2.92. The van der Waals surface area contributed by atoms with Gasteiger partial charge in [-0.05, 0) is 67.8 Å². The summed E-state index contributed by atoms with van der Waals surface area (Å²) < 4.78 is 0. The van der Waals surface area contributed by atoms with Crippen molar-refractivity contribution in [1.82, 2.24) is 10.3 Å². The van der Waals surface area contributed by atoms with Gasteiger partial charge >= 0.3 is 0 Å². The lowest BCUT2D eigenvalue weighted by molar-refractivity contribution is 0.632. The van der Waals surface area contributed by atoms with E-state index in [9.17, 15) is 0 Å². The van der Waals surface area contributed by atoms with Gasteiger partial charge in [0.1, 0.15) is 0 Å². The van der Waals surface area contributed by atoms with E-state index in [0.717, 1.165) is 13.1 Å². The van der Waals surface area contributed by atoms with Crippen LogP contribution in [0.15, 0.2) is 42.1 Å². The van der Waals surface area contributed by atoms with Crippen molar-refractivity contribution in [2.75, 3.05) is 6.54 Å². The van der Waals surface area contributed by atoms with Gasteiger partial charge in [-0.1, -0.05) is 17.7 Å². The highest BCUT2D eigenvalue weighted by Crippen LogP contribution is 2.19. The molecule has 0 unspecified atom stereocenters. The van der Waals surface area contributed by atoms with Crippen LogP contribution in [0.4, 0.5) is 0 Å². The maximum Gasteiger partial charge on any atom is 0.0454 e. The topological polar surface area (TPSA) is 27.8 Å². The molecule has 2 nitrogen and oxygen atoms in total. The molecular weight excluding hydrogens is 232 g/mol. The molecule has 2 N–H and O–H groups in total. The lowest BCUT2D eigenvalue weighted by Crippen LogP contribution is -2.15. The Hall–Kier alpha value is -1.54. The minimum absolute atomic E-state index is 0.967. The number of hydrogen-bond acceptors (Lipinski definition) is 1. The lowest BCUT2D eigenvalue weighted by Gasteiger charge is -2.13. The van der Waals surface area contributed by atoms with Gasteiger partial charge in [0.15, 0.2) is 0 Å². The van der Waals surface area contributed by atoms with Gasteiger partial charge in [-0.25, -0.2) is 0 Å². The van der Waals surface area contributed by atoms with Crippen LogP contribution in [0.1, 0.15) is 37.7 Å². The van der Waals surface area contributed by atoms with E-state index in [0.29, 0.717) is 0 Å². The fourth-order valence-corrected chi connectivity index (χ4v) is 2.83. The second-order valence-electron chi connectivity index (χ2n) is 5.43. The fourth-order valence-electron chi connectivity index (χ4n) is 2.83. The first-order valence-corrected chi connectivity index (χ1v) is 7.36. The molecule has 0 fully saturated rings. The summed E-state index contributed by atoms with van der Waals surface area (Å²) in [6.07, 6.45) is 11.0. The standard InChI is InChI=1S/C17H22N2/c1-2-4-14(5-3-1)8-10-18-13-15-6-7-17-16(12-15)9-11-19-17/h4,6-7,9,11-12,18-19H,1-3,5,8,10,13H2. The number of allylic oxidation sites excluding steroid dienone is 1. The molecule has 0 aliphatic heterocycles. The largest absolute Gasteiger partial charge is 0.361 e. The number of hydrogen-bond donors (Lipinski definition) is 2. The number of benzene rings is 1. The first-order chi connectivity index (χ1) is 9.42. The average molecular weight is 254 g/mol. The van der Waals surface area contributed by atoms with Gasteiger partial charge in [-0.15, -0.1) is 0 Å². The molecule has 1 heterocycles. The SMILES string of the molecule is C1=C(CCNCc2ccc3[nH]ccc3c2)CCCC1. The molecule has 2 heteroatoms. The highest BCUT2D eigenvalue weighted by Gasteiger charge is 2.03. The van der Waals surface area contributed by atoms with E-state index in [2.05, 4.69) is 40.6 Å². The van der Waals surface area contributed by atoms with Crippen molar-refractivity contribution < 1.29 is 0 Å². The summed E-state index contributed by atoms with van der Waals surface area (Å²) in [5.41, 5.74) is 4.24. The molecule has 0 atom stereocenters. The van der Waals surface area contributed by atoms with Crippen LogP contribution in [0, 0.1) is 0 Å². The van der Waals surface area contributed by atoms with Gasteiger partial charge in [0.25, 0.3) is 0 Å². The number of nitrogens with one attached hydrogen (secondary N) is 2. The van der Waals surface area contributed by atoms with E-state index in [4.69, 9.17) is 0 Å². The Morgan fingerprint density at radius 1 is 1.16 bits per heavy atom. The van der Waals surface area contributed by atoms with E-state index in [1.165, 1.54) is 48.6 Å². The maximum absolute atomic E-state index is 3.55. The summed E-state index contributed by atoms with van der Waals surface area (Å²) in [7, 11) is 0. The zero-order valence-corrected chi connectivity index (χ0v) is 11.4. The second kappa shape index (κ2) is 6.07. The molecule has 0 amide bonds. The smallest absolute Gasteiger partial charge is 0.0454 e. The molecule has 2 aromatic rings. The molecule has 0 saturated carbocycles. The monoisotopic (exact) mass is 254 g/mol. The van der Waals surface area contributed by atoms with Crippen LogP contribution in [0.3, 0.4) is 0 Å². The quantitative estimate of drug-likeness (QED) is 0.609. The summed E-state index contributed by atoms with van der Waals surface area (Å²) in [6, 6.07) is 8.76. The normalized spacial score (nSPS) is 15.7. The first-order valence-electron chi connectivity index (χ1n) is 7.36. The van der Waals surface area contributed by atoms with E-state index in [1.54, 1.807) is 5.57 Å². The van der Waals surface area contributed by atoms with Crippen LogP contribution < -0.4 is 5.32 Å². The van der Waals surface area contributed by atoms with Gasteiger partial charge in [-0.2, -0.15) is 0 Å². The second-order valence-corrected chi connectivity index (χ2v) is 5.43. The van der Waals surface area contributed by atoms with Crippen molar-refractivity contribution in [1.29, 1.82) is 0 Å². The van der Waals surface area contributed by atoms with Gasteiger partial charge in [0.05, 0.1) is 0 Å². The van der Waals surface area contributed by atoms with Crippen LogP contribution in [-0.2, 0) is 6.54 Å². The Morgan fingerprint density at radius 3 is 3.05 bits per heavy atom. The van der Waals surface area contributed by atoms with E-state index >= 15 is 0 Å². The number of rotatable bonds is 5. The molecule has 0 radical (unpaired) electrons. The fraction of sp³-hybridized carbons (Fsp3) is 0.412. The number of H-pyrrole nitrogens is 1. The first kappa shape index (κ1) is 12.5.